The molecule has 0 bridgehead atoms. The molecule has 1 aromatic heterocycles. The van der Waals surface area contributed by atoms with E-state index in [1.807, 2.05) is 24.3 Å². The van der Waals surface area contributed by atoms with E-state index in [-0.39, 0.29) is 11.7 Å². The van der Waals surface area contributed by atoms with Crippen molar-refractivity contribution < 1.29 is 9.90 Å². The summed E-state index contributed by atoms with van der Waals surface area (Å²) in [6.45, 7) is 0.470. The maximum atomic E-state index is 11.8. The van der Waals surface area contributed by atoms with Crippen LogP contribution in [-0.2, 0) is 6.42 Å². The van der Waals surface area contributed by atoms with Gasteiger partial charge in [-0.05, 0) is 24.1 Å². The van der Waals surface area contributed by atoms with Gasteiger partial charge < -0.3 is 10.4 Å². The van der Waals surface area contributed by atoms with Gasteiger partial charge in [-0.1, -0.05) is 29.8 Å². The fourth-order valence-electron chi connectivity index (χ4n) is 1.67. The Labute approximate surface area is 116 Å². The van der Waals surface area contributed by atoms with Gasteiger partial charge in [0.25, 0.3) is 5.91 Å². The van der Waals surface area contributed by atoms with Crippen LogP contribution in [0.2, 0.25) is 5.02 Å². The smallest absolute Gasteiger partial charge is 0.252 e. The largest absolute Gasteiger partial charge is 0.506 e. The van der Waals surface area contributed by atoms with Crippen molar-refractivity contribution in [1.82, 2.24) is 10.3 Å². The van der Waals surface area contributed by atoms with E-state index in [1.165, 1.54) is 18.5 Å². The molecule has 0 aliphatic rings. The molecule has 19 heavy (non-hydrogen) atoms. The third-order valence-corrected chi connectivity index (χ3v) is 2.99. The minimum absolute atomic E-state index is 0.0289. The molecule has 1 aromatic carbocycles. The lowest BCUT2D eigenvalue weighted by Gasteiger charge is -2.06. The van der Waals surface area contributed by atoms with Gasteiger partial charge in [-0.15, -0.1) is 0 Å². The van der Waals surface area contributed by atoms with E-state index in [4.69, 9.17) is 11.6 Å². The molecular formula is C14H13ClN2O2. The van der Waals surface area contributed by atoms with Gasteiger partial charge in [0.15, 0.2) is 0 Å². The quantitative estimate of drug-likeness (QED) is 0.901. The topological polar surface area (TPSA) is 62.2 Å². The molecule has 0 radical (unpaired) electrons. The average Bonchev–Trinajstić information content (AvgIpc) is 2.41. The number of nitrogens with one attached hydrogen (secondary N) is 1. The summed E-state index contributed by atoms with van der Waals surface area (Å²) in [7, 11) is 0. The molecule has 2 N–H and O–H groups in total. The lowest BCUT2D eigenvalue weighted by molar-refractivity contribution is 0.0953. The van der Waals surface area contributed by atoms with Gasteiger partial charge in [-0.3, -0.25) is 9.78 Å². The summed E-state index contributed by atoms with van der Waals surface area (Å²) in [5.41, 5.74) is 1.32. The lowest BCUT2D eigenvalue weighted by atomic mass is 10.1. The van der Waals surface area contributed by atoms with E-state index in [2.05, 4.69) is 10.3 Å². The third-order valence-electron chi connectivity index (χ3n) is 2.62. The first-order chi connectivity index (χ1) is 9.16. The monoisotopic (exact) mass is 276 g/mol. The first-order valence-corrected chi connectivity index (χ1v) is 6.20. The molecule has 0 spiro atoms. The molecule has 2 rings (SSSR count). The Hall–Kier alpha value is -2.07. The molecule has 2 aromatic rings. The number of benzene rings is 1. The number of carbonyl (C=O) groups excluding carboxylic acids is 1. The molecule has 5 heteroatoms. The zero-order chi connectivity index (χ0) is 13.7. The molecule has 98 valence electrons. The lowest BCUT2D eigenvalue weighted by Crippen LogP contribution is -2.25. The van der Waals surface area contributed by atoms with E-state index in [0.29, 0.717) is 23.6 Å². The maximum absolute atomic E-state index is 11.8. The van der Waals surface area contributed by atoms with Gasteiger partial charge in [0.05, 0.1) is 11.8 Å². The summed E-state index contributed by atoms with van der Waals surface area (Å²) in [5, 5.41) is 12.7. The van der Waals surface area contributed by atoms with Gasteiger partial charge in [-0.25, -0.2) is 0 Å². The number of amides is 1. The minimum Gasteiger partial charge on any atom is -0.506 e. The van der Waals surface area contributed by atoms with Crippen LogP contribution in [0.15, 0.2) is 42.7 Å². The van der Waals surface area contributed by atoms with Crippen LogP contribution in [-0.4, -0.2) is 22.5 Å². The summed E-state index contributed by atoms with van der Waals surface area (Å²) in [5.74, 6) is -0.297. The second-order valence-corrected chi connectivity index (χ2v) is 4.44. The Kier molecular flexibility index (Phi) is 4.36. The summed E-state index contributed by atoms with van der Waals surface area (Å²) >= 11 is 6.02. The summed E-state index contributed by atoms with van der Waals surface area (Å²) in [6, 6.07) is 8.88. The highest BCUT2D eigenvalue weighted by Crippen LogP contribution is 2.15. The van der Waals surface area contributed by atoms with Crippen molar-refractivity contribution in [3.8, 4) is 5.75 Å². The maximum Gasteiger partial charge on any atom is 0.252 e. The fourth-order valence-corrected chi connectivity index (χ4v) is 1.90. The van der Waals surface area contributed by atoms with Crippen LogP contribution in [0.25, 0.3) is 0 Å². The number of hydrogen-bond donors (Lipinski definition) is 2. The number of aromatic nitrogens is 1. The first kappa shape index (κ1) is 13.4. The molecule has 1 heterocycles. The predicted molar refractivity (Wildman–Crippen MR) is 73.4 cm³/mol. The zero-order valence-corrected chi connectivity index (χ0v) is 10.9. The van der Waals surface area contributed by atoms with E-state index in [9.17, 15) is 9.90 Å². The van der Waals surface area contributed by atoms with Gasteiger partial charge in [0.2, 0.25) is 0 Å². The highest BCUT2D eigenvalue weighted by Gasteiger charge is 2.06. The molecule has 0 saturated carbocycles. The first-order valence-electron chi connectivity index (χ1n) is 5.82. The van der Waals surface area contributed by atoms with Crippen LogP contribution >= 0.6 is 11.6 Å². The number of aromatic hydroxyl groups is 1. The number of nitrogens with zero attached hydrogens (tertiary/aromatic N) is 1. The Morgan fingerprint density at radius 2 is 2.11 bits per heavy atom. The standard InChI is InChI=1S/C14H13ClN2O2/c15-13-4-2-1-3-10(13)5-6-17-14(19)11-7-12(18)9-16-8-11/h1-4,7-9,18H,5-6H2,(H,17,19). The summed E-state index contributed by atoms with van der Waals surface area (Å²) < 4.78 is 0. The van der Waals surface area contributed by atoms with Crippen molar-refractivity contribution >= 4 is 17.5 Å². The summed E-state index contributed by atoms with van der Waals surface area (Å²) in [6.07, 6.45) is 3.34. The number of pyridine rings is 1. The Bertz CT molecular complexity index is 587. The number of carbonyl (C=O) groups is 1. The van der Waals surface area contributed by atoms with Crippen molar-refractivity contribution in [2.24, 2.45) is 0 Å². The minimum atomic E-state index is -0.268. The van der Waals surface area contributed by atoms with E-state index in [0.717, 1.165) is 5.56 Å². The number of rotatable bonds is 4. The van der Waals surface area contributed by atoms with Crippen LogP contribution in [0, 0.1) is 0 Å². The van der Waals surface area contributed by atoms with Crippen molar-refractivity contribution in [1.29, 1.82) is 0 Å². The van der Waals surface area contributed by atoms with E-state index in [1.54, 1.807) is 0 Å². The molecular weight excluding hydrogens is 264 g/mol. The van der Waals surface area contributed by atoms with Crippen molar-refractivity contribution in [3.63, 3.8) is 0 Å². The van der Waals surface area contributed by atoms with Crippen LogP contribution in [0.5, 0.6) is 5.75 Å². The zero-order valence-electron chi connectivity index (χ0n) is 10.1. The van der Waals surface area contributed by atoms with E-state index < -0.39 is 0 Å². The van der Waals surface area contributed by atoms with Crippen molar-refractivity contribution in [3.05, 3.63) is 58.9 Å². The molecule has 0 saturated heterocycles. The van der Waals surface area contributed by atoms with Gasteiger partial charge in [-0.2, -0.15) is 0 Å². The molecule has 0 fully saturated rings. The molecule has 0 aliphatic heterocycles. The van der Waals surface area contributed by atoms with Gasteiger partial charge >= 0.3 is 0 Å². The van der Waals surface area contributed by atoms with Crippen LogP contribution in [0.3, 0.4) is 0 Å². The SMILES string of the molecule is O=C(NCCc1ccccc1Cl)c1cncc(O)c1. The molecule has 1 amide bonds. The van der Waals surface area contributed by atoms with Gasteiger partial charge in [0.1, 0.15) is 5.75 Å². The Balaban J connectivity index is 1.90. The molecule has 0 atom stereocenters. The highest BCUT2D eigenvalue weighted by molar-refractivity contribution is 6.31. The van der Waals surface area contributed by atoms with Crippen molar-refractivity contribution in [2.45, 2.75) is 6.42 Å². The second-order valence-electron chi connectivity index (χ2n) is 4.03. The molecule has 4 nitrogen and oxygen atoms in total. The van der Waals surface area contributed by atoms with Crippen LogP contribution < -0.4 is 5.32 Å². The van der Waals surface area contributed by atoms with Gasteiger partial charge in [0, 0.05) is 17.8 Å². The number of halogens is 1. The predicted octanol–water partition coefficient (Wildman–Crippen LogP) is 2.41. The number of hydrogen-bond acceptors (Lipinski definition) is 3. The normalized spacial score (nSPS) is 10.2. The summed E-state index contributed by atoms with van der Waals surface area (Å²) in [4.78, 5) is 15.5. The molecule has 0 unspecified atom stereocenters. The highest BCUT2D eigenvalue weighted by atomic mass is 35.5. The van der Waals surface area contributed by atoms with Crippen LogP contribution in [0.4, 0.5) is 0 Å². The van der Waals surface area contributed by atoms with E-state index >= 15 is 0 Å². The third kappa shape index (κ3) is 3.69. The van der Waals surface area contributed by atoms with Crippen LogP contribution in [0.1, 0.15) is 15.9 Å². The average molecular weight is 277 g/mol. The second kappa shape index (κ2) is 6.20. The fraction of sp³-hybridized carbons (Fsp3) is 0.143. The Morgan fingerprint density at radius 1 is 1.32 bits per heavy atom. The van der Waals surface area contributed by atoms with Crippen molar-refractivity contribution in [2.75, 3.05) is 6.54 Å². The molecule has 0 aliphatic carbocycles. The Morgan fingerprint density at radius 3 is 2.84 bits per heavy atom.